The standard InChI is InChI=1S/C18H28O/c1-8-12(2)17(19)11-16-13(3)9-15(10-14(16)4)18(5,6)7/h9-10,12H,8,11H2,1-7H3. The molecule has 1 heteroatoms. The molecule has 19 heavy (non-hydrogen) atoms. The number of aryl methyl sites for hydroxylation is 2. The van der Waals surface area contributed by atoms with Crippen LogP contribution >= 0.6 is 0 Å². The first-order valence-corrected chi connectivity index (χ1v) is 7.30. The van der Waals surface area contributed by atoms with Crippen molar-refractivity contribution in [2.24, 2.45) is 5.92 Å². The first-order valence-electron chi connectivity index (χ1n) is 7.30. The van der Waals surface area contributed by atoms with Crippen molar-refractivity contribution in [1.29, 1.82) is 0 Å². The summed E-state index contributed by atoms with van der Waals surface area (Å²) in [5.41, 5.74) is 5.23. The molecule has 0 aromatic heterocycles. The Morgan fingerprint density at radius 3 is 2.00 bits per heavy atom. The summed E-state index contributed by atoms with van der Waals surface area (Å²) in [6.07, 6.45) is 1.51. The number of carbonyl (C=O) groups is 1. The fourth-order valence-electron chi connectivity index (χ4n) is 2.28. The van der Waals surface area contributed by atoms with Crippen LogP contribution in [0.15, 0.2) is 12.1 Å². The Morgan fingerprint density at radius 2 is 1.63 bits per heavy atom. The van der Waals surface area contributed by atoms with Gasteiger partial charge >= 0.3 is 0 Å². The van der Waals surface area contributed by atoms with Crippen molar-refractivity contribution in [2.75, 3.05) is 0 Å². The maximum absolute atomic E-state index is 12.1. The first kappa shape index (κ1) is 15.9. The molecule has 1 unspecified atom stereocenters. The fourth-order valence-corrected chi connectivity index (χ4v) is 2.28. The summed E-state index contributed by atoms with van der Waals surface area (Å²) < 4.78 is 0. The summed E-state index contributed by atoms with van der Waals surface area (Å²) in [5.74, 6) is 0.526. The molecule has 0 bridgehead atoms. The van der Waals surface area contributed by atoms with E-state index in [1.165, 1.54) is 22.3 Å². The lowest BCUT2D eigenvalue weighted by atomic mass is 9.82. The van der Waals surface area contributed by atoms with Crippen LogP contribution in [-0.4, -0.2) is 5.78 Å². The molecule has 1 atom stereocenters. The van der Waals surface area contributed by atoms with E-state index in [-0.39, 0.29) is 11.3 Å². The molecule has 0 saturated heterocycles. The SMILES string of the molecule is CCC(C)C(=O)Cc1c(C)cc(C(C)(C)C)cc1C. The summed E-state index contributed by atoms with van der Waals surface area (Å²) in [4.78, 5) is 12.1. The number of Topliss-reactive ketones (excluding diaryl/α,β-unsaturated/α-hetero) is 1. The van der Waals surface area contributed by atoms with Gasteiger partial charge in [0.25, 0.3) is 0 Å². The number of ketones is 1. The molecule has 0 aliphatic rings. The lowest BCUT2D eigenvalue weighted by Crippen LogP contribution is -2.16. The summed E-state index contributed by atoms with van der Waals surface area (Å²) in [7, 11) is 0. The lowest BCUT2D eigenvalue weighted by Gasteiger charge is -2.22. The molecule has 0 aliphatic carbocycles. The van der Waals surface area contributed by atoms with Gasteiger partial charge in [-0.15, -0.1) is 0 Å². The molecule has 0 heterocycles. The Hall–Kier alpha value is -1.11. The Morgan fingerprint density at radius 1 is 1.16 bits per heavy atom. The van der Waals surface area contributed by atoms with Gasteiger partial charge in [0.2, 0.25) is 0 Å². The van der Waals surface area contributed by atoms with Gasteiger partial charge in [0.1, 0.15) is 5.78 Å². The summed E-state index contributed by atoms with van der Waals surface area (Å²) in [5, 5.41) is 0. The molecule has 0 spiro atoms. The van der Waals surface area contributed by atoms with E-state index in [9.17, 15) is 4.79 Å². The van der Waals surface area contributed by atoms with E-state index >= 15 is 0 Å². The van der Waals surface area contributed by atoms with Gasteiger partial charge in [-0.25, -0.2) is 0 Å². The van der Waals surface area contributed by atoms with Crippen LogP contribution in [0.3, 0.4) is 0 Å². The smallest absolute Gasteiger partial charge is 0.140 e. The van der Waals surface area contributed by atoms with Gasteiger partial charge in [-0.3, -0.25) is 4.79 Å². The van der Waals surface area contributed by atoms with Gasteiger partial charge in [-0.2, -0.15) is 0 Å². The Bertz CT molecular complexity index is 440. The fraction of sp³-hybridized carbons (Fsp3) is 0.611. The quantitative estimate of drug-likeness (QED) is 0.763. The van der Waals surface area contributed by atoms with E-state index in [1.54, 1.807) is 0 Å². The van der Waals surface area contributed by atoms with Gasteiger partial charge in [-0.05, 0) is 47.9 Å². The lowest BCUT2D eigenvalue weighted by molar-refractivity contribution is -0.121. The van der Waals surface area contributed by atoms with Crippen LogP contribution in [0.1, 0.15) is 63.3 Å². The first-order chi connectivity index (χ1) is 8.66. The molecule has 0 saturated carbocycles. The van der Waals surface area contributed by atoms with Gasteiger partial charge in [0.15, 0.2) is 0 Å². The number of hydrogen-bond acceptors (Lipinski definition) is 1. The van der Waals surface area contributed by atoms with Gasteiger partial charge in [0, 0.05) is 12.3 Å². The third-order valence-corrected chi connectivity index (χ3v) is 4.08. The van der Waals surface area contributed by atoms with Crippen LogP contribution in [-0.2, 0) is 16.6 Å². The zero-order valence-corrected chi connectivity index (χ0v) is 13.6. The monoisotopic (exact) mass is 260 g/mol. The summed E-state index contributed by atoms with van der Waals surface area (Å²) in [6, 6.07) is 4.48. The molecular weight excluding hydrogens is 232 g/mol. The van der Waals surface area contributed by atoms with Gasteiger partial charge in [-0.1, -0.05) is 46.8 Å². The normalized spacial score (nSPS) is 13.4. The van der Waals surface area contributed by atoms with Crippen molar-refractivity contribution in [3.8, 4) is 0 Å². The second kappa shape index (κ2) is 5.90. The summed E-state index contributed by atoms with van der Waals surface area (Å²) >= 11 is 0. The highest BCUT2D eigenvalue weighted by Crippen LogP contribution is 2.27. The molecule has 1 aromatic carbocycles. The van der Waals surface area contributed by atoms with Gasteiger partial charge < -0.3 is 0 Å². The average molecular weight is 260 g/mol. The van der Waals surface area contributed by atoms with Crippen molar-refractivity contribution in [1.82, 2.24) is 0 Å². The van der Waals surface area contributed by atoms with Crippen molar-refractivity contribution in [3.05, 3.63) is 34.4 Å². The Kier molecular flexibility index (Phi) is 4.95. The highest BCUT2D eigenvalue weighted by molar-refractivity contribution is 5.83. The topological polar surface area (TPSA) is 17.1 Å². The zero-order chi connectivity index (χ0) is 14.8. The summed E-state index contributed by atoms with van der Waals surface area (Å²) in [6.45, 7) is 15.0. The number of hydrogen-bond donors (Lipinski definition) is 0. The van der Waals surface area contributed by atoms with Crippen LogP contribution in [0.25, 0.3) is 0 Å². The Balaban J connectivity index is 3.08. The predicted octanol–water partition coefficient (Wildman–Crippen LogP) is 4.76. The average Bonchev–Trinajstić information content (AvgIpc) is 2.30. The number of carbonyl (C=O) groups excluding carboxylic acids is 1. The molecule has 106 valence electrons. The van der Waals surface area contributed by atoms with Crippen LogP contribution in [0.4, 0.5) is 0 Å². The molecule has 0 N–H and O–H groups in total. The molecule has 0 fully saturated rings. The van der Waals surface area contributed by atoms with Crippen LogP contribution in [0, 0.1) is 19.8 Å². The van der Waals surface area contributed by atoms with E-state index in [0.29, 0.717) is 12.2 Å². The highest BCUT2D eigenvalue weighted by atomic mass is 16.1. The van der Waals surface area contributed by atoms with E-state index in [1.807, 2.05) is 6.92 Å². The largest absolute Gasteiger partial charge is 0.299 e. The van der Waals surface area contributed by atoms with E-state index < -0.39 is 0 Å². The number of rotatable bonds is 4. The predicted molar refractivity (Wildman–Crippen MR) is 82.8 cm³/mol. The zero-order valence-electron chi connectivity index (χ0n) is 13.6. The molecule has 1 aromatic rings. The minimum atomic E-state index is 0.161. The minimum Gasteiger partial charge on any atom is -0.299 e. The van der Waals surface area contributed by atoms with E-state index in [0.717, 1.165) is 6.42 Å². The second-order valence-electron chi connectivity index (χ2n) is 6.79. The second-order valence-corrected chi connectivity index (χ2v) is 6.79. The minimum absolute atomic E-state index is 0.161. The molecule has 1 nitrogen and oxygen atoms in total. The van der Waals surface area contributed by atoms with E-state index in [4.69, 9.17) is 0 Å². The molecule has 0 amide bonds. The Labute approximate surface area is 118 Å². The third-order valence-electron chi connectivity index (χ3n) is 4.08. The maximum Gasteiger partial charge on any atom is 0.140 e. The molecular formula is C18H28O. The molecule has 1 rings (SSSR count). The van der Waals surface area contributed by atoms with Crippen LogP contribution in [0.5, 0.6) is 0 Å². The highest BCUT2D eigenvalue weighted by Gasteiger charge is 2.18. The third kappa shape index (κ3) is 3.92. The van der Waals surface area contributed by atoms with Crippen LogP contribution < -0.4 is 0 Å². The van der Waals surface area contributed by atoms with E-state index in [2.05, 4.69) is 53.7 Å². The number of benzene rings is 1. The van der Waals surface area contributed by atoms with Gasteiger partial charge in [0.05, 0.1) is 0 Å². The maximum atomic E-state index is 12.1. The van der Waals surface area contributed by atoms with Crippen molar-refractivity contribution >= 4 is 5.78 Å². The van der Waals surface area contributed by atoms with Crippen LogP contribution in [0.2, 0.25) is 0 Å². The van der Waals surface area contributed by atoms with Crippen molar-refractivity contribution in [3.63, 3.8) is 0 Å². The molecule has 0 radical (unpaired) electrons. The van der Waals surface area contributed by atoms with Crippen molar-refractivity contribution in [2.45, 2.75) is 66.7 Å². The molecule has 0 aliphatic heterocycles. The van der Waals surface area contributed by atoms with Crippen molar-refractivity contribution < 1.29 is 4.79 Å².